The van der Waals surface area contributed by atoms with E-state index in [1.165, 1.54) is 0 Å². The molecule has 82 valence electrons. The second-order valence-electron chi connectivity index (χ2n) is 3.50. The molecule has 1 fully saturated rings. The standard InChI is InChI=1S/C11H12Cl2O2/c12-6-8-1-2-11(10(13)5-8)15-9-3-4-14-7-9/h1-2,5,9H,3-4,6-7H2. The highest BCUT2D eigenvalue weighted by atomic mass is 35.5. The molecule has 0 aliphatic carbocycles. The van der Waals surface area contributed by atoms with Crippen LogP contribution in [-0.4, -0.2) is 19.3 Å². The summed E-state index contributed by atoms with van der Waals surface area (Å²) in [6, 6.07) is 5.61. The minimum Gasteiger partial charge on any atom is -0.486 e. The Bertz CT molecular complexity index is 335. The van der Waals surface area contributed by atoms with E-state index in [2.05, 4.69) is 0 Å². The Morgan fingerprint density at radius 3 is 2.93 bits per heavy atom. The van der Waals surface area contributed by atoms with Crippen molar-refractivity contribution >= 4 is 23.2 Å². The second-order valence-corrected chi connectivity index (χ2v) is 4.18. The van der Waals surface area contributed by atoms with Crippen LogP contribution in [0.5, 0.6) is 5.75 Å². The van der Waals surface area contributed by atoms with Crippen molar-refractivity contribution in [1.29, 1.82) is 0 Å². The quantitative estimate of drug-likeness (QED) is 0.763. The lowest BCUT2D eigenvalue weighted by Crippen LogP contribution is -2.15. The Morgan fingerprint density at radius 2 is 2.33 bits per heavy atom. The topological polar surface area (TPSA) is 18.5 Å². The predicted octanol–water partition coefficient (Wildman–Crippen LogP) is 3.25. The van der Waals surface area contributed by atoms with Gasteiger partial charge in [-0.3, -0.25) is 0 Å². The highest BCUT2D eigenvalue weighted by Gasteiger charge is 2.18. The van der Waals surface area contributed by atoms with E-state index in [1.54, 1.807) is 0 Å². The van der Waals surface area contributed by atoms with E-state index in [0.717, 1.165) is 18.6 Å². The van der Waals surface area contributed by atoms with Crippen LogP contribution in [0, 0.1) is 0 Å². The van der Waals surface area contributed by atoms with Gasteiger partial charge in [0.25, 0.3) is 0 Å². The molecule has 1 unspecified atom stereocenters. The number of benzene rings is 1. The minimum absolute atomic E-state index is 0.129. The Hall–Kier alpha value is -0.440. The molecule has 1 aliphatic rings. The van der Waals surface area contributed by atoms with Gasteiger partial charge in [0.1, 0.15) is 11.9 Å². The van der Waals surface area contributed by atoms with Gasteiger partial charge in [-0.1, -0.05) is 17.7 Å². The van der Waals surface area contributed by atoms with Crippen molar-refractivity contribution in [2.24, 2.45) is 0 Å². The van der Waals surface area contributed by atoms with Gasteiger partial charge < -0.3 is 9.47 Å². The van der Waals surface area contributed by atoms with Crippen LogP contribution in [0.25, 0.3) is 0 Å². The molecule has 0 spiro atoms. The maximum absolute atomic E-state index is 6.06. The molecule has 0 bridgehead atoms. The van der Waals surface area contributed by atoms with Crippen molar-refractivity contribution in [1.82, 2.24) is 0 Å². The number of hydrogen-bond donors (Lipinski definition) is 0. The van der Waals surface area contributed by atoms with E-state index in [4.69, 9.17) is 32.7 Å². The predicted molar refractivity (Wildman–Crippen MR) is 60.9 cm³/mol. The maximum Gasteiger partial charge on any atom is 0.138 e. The summed E-state index contributed by atoms with van der Waals surface area (Å²) in [4.78, 5) is 0. The molecule has 4 heteroatoms. The van der Waals surface area contributed by atoms with E-state index < -0.39 is 0 Å². The molecular weight excluding hydrogens is 235 g/mol. The fourth-order valence-corrected chi connectivity index (χ4v) is 1.92. The Balaban J connectivity index is 2.07. The van der Waals surface area contributed by atoms with E-state index >= 15 is 0 Å². The minimum atomic E-state index is 0.129. The van der Waals surface area contributed by atoms with E-state index in [1.807, 2.05) is 18.2 Å². The molecule has 1 aromatic rings. The molecular formula is C11H12Cl2O2. The fourth-order valence-electron chi connectivity index (χ4n) is 1.51. The molecule has 15 heavy (non-hydrogen) atoms. The van der Waals surface area contributed by atoms with E-state index in [9.17, 15) is 0 Å². The van der Waals surface area contributed by atoms with Crippen molar-refractivity contribution in [2.75, 3.05) is 13.2 Å². The van der Waals surface area contributed by atoms with Crippen LogP contribution in [-0.2, 0) is 10.6 Å². The summed E-state index contributed by atoms with van der Waals surface area (Å²) in [6.45, 7) is 1.41. The summed E-state index contributed by atoms with van der Waals surface area (Å²) in [5, 5.41) is 0.611. The number of hydrogen-bond acceptors (Lipinski definition) is 2. The molecule has 1 saturated heterocycles. The summed E-state index contributed by atoms with van der Waals surface area (Å²) < 4.78 is 10.9. The Kier molecular flexibility index (Phi) is 3.73. The molecule has 0 saturated carbocycles. The van der Waals surface area contributed by atoms with Crippen LogP contribution in [0.2, 0.25) is 5.02 Å². The van der Waals surface area contributed by atoms with Crippen LogP contribution in [0.1, 0.15) is 12.0 Å². The fraction of sp³-hybridized carbons (Fsp3) is 0.455. The van der Waals surface area contributed by atoms with Gasteiger partial charge in [-0.15, -0.1) is 11.6 Å². The molecule has 0 amide bonds. The van der Waals surface area contributed by atoms with Gasteiger partial charge in [-0.25, -0.2) is 0 Å². The summed E-state index contributed by atoms with van der Waals surface area (Å²) in [7, 11) is 0. The average Bonchev–Trinajstić information content (AvgIpc) is 2.74. The summed E-state index contributed by atoms with van der Waals surface area (Å²) in [6.07, 6.45) is 1.05. The largest absolute Gasteiger partial charge is 0.486 e. The first kappa shape index (κ1) is 11.1. The third kappa shape index (κ3) is 2.77. The van der Waals surface area contributed by atoms with Crippen molar-refractivity contribution in [3.05, 3.63) is 28.8 Å². The normalized spacial score (nSPS) is 20.5. The zero-order valence-electron chi connectivity index (χ0n) is 8.21. The van der Waals surface area contributed by atoms with Crippen LogP contribution < -0.4 is 4.74 Å². The Morgan fingerprint density at radius 1 is 1.47 bits per heavy atom. The molecule has 0 radical (unpaired) electrons. The number of halogens is 2. The Labute approximate surface area is 99.1 Å². The van der Waals surface area contributed by atoms with Crippen LogP contribution >= 0.6 is 23.2 Å². The molecule has 0 N–H and O–H groups in total. The monoisotopic (exact) mass is 246 g/mol. The highest BCUT2D eigenvalue weighted by molar-refractivity contribution is 6.32. The van der Waals surface area contributed by atoms with Crippen molar-refractivity contribution in [3.8, 4) is 5.75 Å². The van der Waals surface area contributed by atoms with Crippen molar-refractivity contribution in [3.63, 3.8) is 0 Å². The zero-order chi connectivity index (χ0) is 10.7. The highest BCUT2D eigenvalue weighted by Crippen LogP contribution is 2.28. The number of ether oxygens (including phenoxy) is 2. The van der Waals surface area contributed by atoms with Gasteiger partial charge in [0.2, 0.25) is 0 Å². The van der Waals surface area contributed by atoms with Crippen LogP contribution in [0.3, 0.4) is 0 Å². The van der Waals surface area contributed by atoms with Gasteiger partial charge in [0, 0.05) is 12.3 Å². The van der Waals surface area contributed by atoms with Gasteiger partial charge in [-0.05, 0) is 17.7 Å². The first-order valence-electron chi connectivity index (χ1n) is 4.88. The molecule has 1 aliphatic heterocycles. The molecule has 1 aromatic carbocycles. The van der Waals surface area contributed by atoms with E-state index in [-0.39, 0.29) is 6.10 Å². The maximum atomic E-state index is 6.06. The number of rotatable bonds is 3. The molecule has 1 heterocycles. The van der Waals surface area contributed by atoms with Crippen molar-refractivity contribution < 1.29 is 9.47 Å². The van der Waals surface area contributed by atoms with Gasteiger partial charge in [0.15, 0.2) is 0 Å². The summed E-state index contributed by atoms with van der Waals surface area (Å²) in [5.74, 6) is 1.17. The first-order chi connectivity index (χ1) is 7.29. The van der Waals surface area contributed by atoms with Crippen LogP contribution in [0.15, 0.2) is 18.2 Å². The first-order valence-corrected chi connectivity index (χ1v) is 5.79. The van der Waals surface area contributed by atoms with Crippen LogP contribution in [0.4, 0.5) is 0 Å². The van der Waals surface area contributed by atoms with E-state index in [0.29, 0.717) is 23.3 Å². The van der Waals surface area contributed by atoms with Gasteiger partial charge in [0.05, 0.1) is 18.2 Å². The third-order valence-electron chi connectivity index (χ3n) is 2.33. The summed E-state index contributed by atoms with van der Waals surface area (Å²) >= 11 is 11.8. The summed E-state index contributed by atoms with van der Waals surface area (Å²) in [5.41, 5.74) is 0.997. The van der Waals surface area contributed by atoms with Gasteiger partial charge >= 0.3 is 0 Å². The molecule has 0 aromatic heterocycles. The second kappa shape index (κ2) is 5.06. The third-order valence-corrected chi connectivity index (χ3v) is 2.94. The lowest BCUT2D eigenvalue weighted by atomic mass is 10.2. The smallest absolute Gasteiger partial charge is 0.138 e. The lowest BCUT2D eigenvalue weighted by Gasteiger charge is -2.13. The lowest BCUT2D eigenvalue weighted by molar-refractivity contribution is 0.141. The molecule has 2 nitrogen and oxygen atoms in total. The van der Waals surface area contributed by atoms with Gasteiger partial charge in [-0.2, -0.15) is 0 Å². The number of alkyl halides is 1. The van der Waals surface area contributed by atoms with Crippen molar-refractivity contribution in [2.45, 2.75) is 18.4 Å². The zero-order valence-corrected chi connectivity index (χ0v) is 9.72. The average molecular weight is 247 g/mol. The SMILES string of the molecule is ClCc1ccc(OC2CCOC2)c(Cl)c1. The molecule has 2 rings (SSSR count). The molecule has 1 atom stereocenters.